The van der Waals surface area contributed by atoms with Crippen molar-refractivity contribution in [1.29, 1.82) is 0 Å². The van der Waals surface area contributed by atoms with Gasteiger partial charge in [-0.05, 0) is 38.2 Å². The van der Waals surface area contributed by atoms with Crippen molar-refractivity contribution in [2.75, 3.05) is 19.6 Å². The van der Waals surface area contributed by atoms with Gasteiger partial charge in [0.15, 0.2) is 0 Å². The Kier molecular flexibility index (Phi) is 5.68. The minimum Gasteiger partial charge on any atom is -0.450 e. The van der Waals surface area contributed by atoms with Crippen LogP contribution in [0.15, 0.2) is 29.4 Å². The highest BCUT2D eigenvalue weighted by Gasteiger charge is 2.20. The van der Waals surface area contributed by atoms with Gasteiger partial charge in [0.05, 0.1) is 0 Å². The highest BCUT2D eigenvalue weighted by atomic mass is 35.5. The summed E-state index contributed by atoms with van der Waals surface area (Å²) in [6, 6.07) is 7.63. The normalized spacial score (nSPS) is 17.8. The molecule has 0 radical (unpaired) electrons. The molecule has 0 spiro atoms. The lowest BCUT2D eigenvalue weighted by atomic mass is 10.2. The van der Waals surface area contributed by atoms with Crippen LogP contribution in [0.2, 0.25) is 5.02 Å². The van der Waals surface area contributed by atoms with E-state index in [1.807, 2.05) is 24.3 Å². The lowest BCUT2D eigenvalue weighted by Gasteiger charge is -2.17. The Morgan fingerprint density at radius 2 is 1.95 bits per heavy atom. The minimum absolute atomic E-state index is 0.185. The predicted octanol–water partition coefficient (Wildman–Crippen LogP) is 3.39. The summed E-state index contributed by atoms with van der Waals surface area (Å²) < 4.78 is 5.81. The van der Waals surface area contributed by atoms with Crippen LogP contribution in [0.25, 0.3) is 0 Å². The summed E-state index contributed by atoms with van der Waals surface area (Å²) in [6.45, 7) is 7.64. The van der Waals surface area contributed by atoms with Crippen LogP contribution < -0.4 is 5.43 Å². The topological polar surface area (TPSA) is 36.9 Å². The zero-order valence-corrected chi connectivity index (χ0v) is 12.9. The highest BCUT2D eigenvalue weighted by molar-refractivity contribution is 6.30. The molecule has 1 N–H and O–H groups in total. The molecule has 0 aliphatic carbocycles. The molecular weight excluding hydrogens is 274 g/mol. The van der Waals surface area contributed by atoms with Crippen molar-refractivity contribution < 1.29 is 4.74 Å². The number of nitrogens with one attached hydrogen (secondary N) is 1. The molecule has 0 fully saturated rings. The Hall–Kier alpha value is -1.26. The van der Waals surface area contributed by atoms with E-state index < -0.39 is 0 Å². The van der Waals surface area contributed by atoms with Crippen molar-refractivity contribution in [2.24, 2.45) is 5.10 Å². The zero-order chi connectivity index (χ0) is 14.4. The SMILES string of the molecule is CCN(CC)CCCC1=NNC(c2ccc(Cl)cc2)O1. The summed E-state index contributed by atoms with van der Waals surface area (Å²) >= 11 is 5.88. The van der Waals surface area contributed by atoms with E-state index in [1.165, 1.54) is 0 Å². The third-order valence-corrected chi connectivity index (χ3v) is 3.74. The molecule has 1 aromatic carbocycles. The van der Waals surface area contributed by atoms with Gasteiger partial charge in [0.2, 0.25) is 12.1 Å². The van der Waals surface area contributed by atoms with Gasteiger partial charge in [-0.2, -0.15) is 0 Å². The van der Waals surface area contributed by atoms with E-state index in [1.54, 1.807) is 0 Å². The average Bonchev–Trinajstić information content (AvgIpc) is 2.93. The van der Waals surface area contributed by atoms with Crippen LogP contribution in [0, 0.1) is 0 Å². The molecule has 1 aliphatic rings. The third kappa shape index (κ3) is 4.12. The van der Waals surface area contributed by atoms with Gasteiger partial charge >= 0.3 is 0 Å². The average molecular weight is 296 g/mol. The minimum atomic E-state index is -0.185. The van der Waals surface area contributed by atoms with Crippen LogP contribution in [0.3, 0.4) is 0 Å². The van der Waals surface area contributed by atoms with E-state index in [9.17, 15) is 0 Å². The fraction of sp³-hybridized carbons (Fsp3) is 0.533. The molecule has 1 atom stereocenters. The zero-order valence-electron chi connectivity index (χ0n) is 12.1. The first kappa shape index (κ1) is 15.1. The van der Waals surface area contributed by atoms with Crippen molar-refractivity contribution in [1.82, 2.24) is 10.3 Å². The molecule has 1 unspecified atom stereocenters. The first-order valence-electron chi connectivity index (χ1n) is 7.19. The van der Waals surface area contributed by atoms with Gasteiger partial charge in [-0.15, -0.1) is 5.10 Å². The van der Waals surface area contributed by atoms with Crippen LogP contribution in [0.4, 0.5) is 0 Å². The van der Waals surface area contributed by atoms with Crippen LogP contribution in [0.5, 0.6) is 0 Å². The Morgan fingerprint density at radius 3 is 2.60 bits per heavy atom. The van der Waals surface area contributed by atoms with E-state index in [2.05, 4.69) is 29.3 Å². The fourth-order valence-corrected chi connectivity index (χ4v) is 2.33. The molecule has 1 aliphatic heterocycles. The number of halogens is 1. The van der Waals surface area contributed by atoms with Crippen LogP contribution in [0.1, 0.15) is 38.5 Å². The standard InChI is InChI=1S/C15H22ClN3O/c1-3-19(4-2)11-5-6-14-17-18-15(20-14)12-7-9-13(16)10-8-12/h7-10,15,18H,3-6,11H2,1-2H3. The summed E-state index contributed by atoms with van der Waals surface area (Å²) in [4.78, 5) is 2.40. The molecule has 2 rings (SSSR count). The van der Waals surface area contributed by atoms with Gasteiger partial charge in [-0.3, -0.25) is 5.43 Å². The molecular formula is C15H22ClN3O. The Bertz CT molecular complexity index is 443. The van der Waals surface area contributed by atoms with Gasteiger partial charge in [0, 0.05) is 17.0 Å². The first-order chi connectivity index (χ1) is 9.72. The van der Waals surface area contributed by atoms with Crippen LogP contribution in [-0.4, -0.2) is 30.4 Å². The lowest BCUT2D eigenvalue weighted by molar-refractivity contribution is 0.185. The van der Waals surface area contributed by atoms with Gasteiger partial charge < -0.3 is 9.64 Å². The second kappa shape index (κ2) is 7.50. The third-order valence-electron chi connectivity index (χ3n) is 3.49. The van der Waals surface area contributed by atoms with Gasteiger partial charge in [-0.1, -0.05) is 37.6 Å². The Balaban J connectivity index is 1.76. The highest BCUT2D eigenvalue weighted by Crippen LogP contribution is 2.22. The molecule has 20 heavy (non-hydrogen) atoms. The Morgan fingerprint density at radius 1 is 1.25 bits per heavy atom. The quantitative estimate of drug-likeness (QED) is 0.838. The molecule has 0 amide bonds. The monoisotopic (exact) mass is 295 g/mol. The van der Waals surface area contributed by atoms with Crippen molar-refractivity contribution >= 4 is 17.5 Å². The van der Waals surface area contributed by atoms with E-state index in [0.717, 1.165) is 49.0 Å². The van der Waals surface area contributed by atoms with E-state index in [4.69, 9.17) is 16.3 Å². The van der Waals surface area contributed by atoms with E-state index >= 15 is 0 Å². The maximum atomic E-state index is 5.88. The number of hydrazone groups is 1. The van der Waals surface area contributed by atoms with Crippen molar-refractivity contribution in [3.63, 3.8) is 0 Å². The summed E-state index contributed by atoms with van der Waals surface area (Å²) in [6.07, 6.45) is 1.75. The molecule has 1 heterocycles. The summed E-state index contributed by atoms with van der Waals surface area (Å²) in [7, 11) is 0. The summed E-state index contributed by atoms with van der Waals surface area (Å²) in [5.41, 5.74) is 4.06. The number of rotatable bonds is 7. The molecule has 0 bridgehead atoms. The number of benzene rings is 1. The molecule has 0 saturated carbocycles. The Labute approximate surface area is 125 Å². The smallest absolute Gasteiger partial charge is 0.212 e. The molecule has 110 valence electrons. The van der Waals surface area contributed by atoms with E-state index in [0.29, 0.717) is 0 Å². The van der Waals surface area contributed by atoms with Gasteiger partial charge in [0.1, 0.15) is 0 Å². The summed E-state index contributed by atoms with van der Waals surface area (Å²) in [5, 5.41) is 4.99. The first-order valence-corrected chi connectivity index (χ1v) is 7.57. The molecule has 0 aromatic heterocycles. The second-order valence-corrected chi connectivity index (χ2v) is 5.25. The van der Waals surface area contributed by atoms with Crippen LogP contribution >= 0.6 is 11.6 Å². The van der Waals surface area contributed by atoms with E-state index in [-0.39, 0.29) is 6.23 Å². The molecule has 0 saturated heterocycles. The molecule has 1 aromatic rings. The lowest BCUT2D eigenvalue weighted by Crippen LogP contribution is -2.24. The van der Waals surface area contributed by atoms with Crippen molar-refractivity contribution in [3.05, 3.63) is 34.9 Å². The number of nitrogens with zero attached hydrogens (tertiary/aromatic N) is 2. The van der Waals surface area contributed by atoms with Crippen molar-refractivity contribution in [2.45, 2.75) is 32.9 Å². The molecule has 5 heteroatoms. The number of ether oxygens (including phenoxy) is 1. The fourth-order valence-electron chi connectivity index (χ4n) is 2.21. The predicted molar refractivity (Wildman–Crippen MR) is 82.9 cm³/mol. The number of hydrogen-bond donors (Lipinski definition) is 1. The maximum Gasteiger partial charge on any atom is 0.212 e. The largest absolute Gasteiger partial charge is 0.450 e. The van der Waals surface area contributed by atoms with Crippen LogP contribution in [-0.2, 0) is 4.74 Å². The van der Waals surface area contributed by atoms with Crippen molar-refractivity contribution in [3.8, 4) is 0 Å². The van der Waals surface area contributed by atoms with Gasteiger partial charge in [-0.25, -0.2) is 0 Å². The molecule has 4 nitrogen and oxygen atoms in total. The van der Waals surface area contributed by atoms with Gasteiger partial charge in [0.25, 0.3) is 0 Å². The number of hydrogen-bond acceptors (Lipinski definition) is 4. The second-order valence-electron chi connectivity index (χ2n) is 4.81. The summed E-state index contributed by atoms with van der Waals surface area (Å²) in [5.74, 6) is 0.789. The maximum absolute atomic E-state index is 5.88.